The third-order valence-corrected chi connectivity index (χ3v) is 8.02. The summed E-state index contributed by atoms with van der Waals surface area (Å²) in [4.78, 5) is 11.7. The number of carboxylic acids is 1. The molecule has 2 N–H and O–H groups in total. The number of carbonyl (C=O) groups is 1. The first-order valence-electron chi connectivity index (χ1n) is 11.6. The van der Waals surface area contributed by atoms with Crippen molar-refractivity contribution in [2.45, 2.75) is 37.1 Å². The Kier molecular flexibility index (Phi) is 7.34. The summed E-state index contributed by atoms with van der Waals surface area (Å²) in [5, 5.41) is 15.6. The average molecular weight is 479 g/mol. The second kappa shape index (κ2) is 10.4. The molecule has 0 saturated heterocycles. The van der Waals surface area contributed by atoms with Crippen LogP contribution in [0.25, 0.3) is 21.7 Å². The van der Waals surface area contributed by atoms with E-state index in [1.807, 2.05) is 54.7 Å². The van der Waals surface area contributed by atoms with E-state index in [0.29, 0.717) is 17.9 Å². The van der Waals surface area contributed by atoms with Gasteiger partial charge in [0.05, 0.1) is 10.6 Å². The van der Waals surface area contributed by atoms with Gasteiger partial charge >= 0.3 is 5.97 Å². The Labute approximate surface area is 200 Å². The third kappa shape index (κ3) is 5.48. The van der Waals surface area contributed by atoms with Crippen molar-refractivity contribution in [1.82, 2.24) is 9.88 Å². The molecule has 0 aliphatic rings. The van der Waals surface area contributed by atoms with Gasteiger partial charge in [-0.1, -0.05) is 36.4 Å². The number of nitrogens with one attached hydrogen (secondary N) is 1. The minimum Gasteiger partial charge on any atom is -0.480 e. The highest BCUT2D eigenvalue weighted by atomic mass is 32.2. The zero-order valence-electron chi connectivity index (χ0n) is 19.3. The van der Waals surface area contributed by atoms with E-state index >= 15 is 0 Å². The molecule has 34 heavy (non-hydrogen) atoms. The minimum atomic E-state index is -3.30. The van der Waals surface area contributed by atoms with E-state index < -0.39 is 21.8 Å². The van der Waals surface area contributed by atoms with Gasteiger partial charge in [-0.3, -0.25) is 0 Å². The molecular formula is C27H30N2O4S. The lowest BCUT2D eigenvalue weighted by atomic mass is 10.1. The van der Waals surface area contributed by atoms with Gasteiger partial charge in [0.2, 0.25) is 0 Å². The van der Waals surface area contributed by atoms with Gasteiger partial charge in [-0.25, -0.2) is 13.2 Å². The van der Waals surface area contributed by atoms with Crippen LogP contribution < -0.4 is 5.32 Å². The van der Waals surface area contributed by atoms with Crippen LogP contribution in [0, 0.1) is 0 Å². The number of benzene rings is 3. The number of hydrogen-bond donors (Lipinski definition) is 2. The number of aliphatic carboxylic acids is 1. The second-order valence-corrected chi connectivity index (χ2v) is 10.8. The second-order valence-electron chi connectivity index (χ2n) is 8.67. The maximum atomic E-state index is 12.7. The number of nitrogens with zero attached hydrogens (tertiary/aromatic N) is 1. The number of fused-ring (bicyclic) bond motifs is 2. The summed E-state index contributed by atoms with van der Waals surface area (Å²) in [6.45, 7) is 3.14. The summed E-state index contributed by atoms with van der Waals surface area (Å²) in [7, 11) is -3.30. The van der Waals surface area contributed by atoms with Crippen molar-refractivity contribution >= 4 is 37.5 Å². The van der Waals surface area contributed by atoms with E-state index in [1.54, 1.807) is 23.6 Å². The van der Waals surface area contributed by atoms with E-state index in [-0.39, 0.29) is 5.75 Å². The van der Waals surface area contributed by atoms with E-state index in [4.69, 9.17) is 0 Å². The molecule has 0 aliphatic carbocycles. The third-order valence-electron chi connectivity index (χ3n) is 6.23. The Balaban J connectivity index is 1.21. The minimum absolute atomic E-state index is 0.126. The van der Waals surface area contributed by atoms with Crippen LogP contribution in [-0.2, 0) is 21.1 Å². The van der Waals surface area contributed by atoms with Crippen LogP contribution in [0.3, 0.4) is 0 Å². The molecule has 0 radical (unpaired) electrons. The monoisotopic (exact) mass is 478 g/mol. The first kappa shape index (κ1) is 24.0. The molecule has 0 saturated carbocycles. The molecule has 0 fully saturated rings. The topological polar surface area (TPSA) is 88.4 Å². The maximum Gasteiger partial charge on any atom is 0.326 e. The fourth-order valence-corrected chi connectivity index (χ4v) is 5.58. The highest BCUT2D eigenvalue weighted by Crippen LogP contribution is 2.23. The van der Waals surface area contributed by atoms with Crippen LogP contribution in [0.4, 0.5) is 0 Å². The molecule has 0 amide bonds. The standard InChI is InChI=1S/C27H30N2O4S/c1-20(27(30)31)29-16-13-24-18-21(9-12-26(24)29)6-4-14-28-15-5-17-34(32,33)25-11-10-22-7-2-3-8-23(22)19-25/h2-3,7-13,16,18-20,28H,4-6,14-15,17H2,1H3,(H,30,31). The summed E-state index contributed by atoms with van der Waals surface area (Å²) in [6, 6.07) is 20.6. The number of carboxylic acid groups (broad SMARTS) is 1. The van der Waals surface area contributed by atoms with Crippen molar-refractivity contribution < 1.29 is 18.3 Å². The van der Waals surface area contributed by atoms with Crippen LogP contribution in [0.2, 0.25) is 0 Å². The first-order chi connectivity index (χ1) is 16.3. The van der Waals surface area contributed by atoms with Crippen molar-refractivity contribution in [1.29, 1.82) is 0 Å². The van der Waals surface area contributed by atoms with Gasteiger partial charge in [-0.2, -0.15) is 0 Å². The van der Waals surface area contributed by atoms with Crippen LogP contribution >= 0.6 is 0 Å². The lowest BCUT2D eigenvalue weighted by molar-refractivity contribution is -0.140. The summed E-state index contributed by atoms with van der Waals surface area (Å²) in [5.41, 5.74) is 2.12. The summed E-state index contributed by atoms with van der Waals surface area (Å²) >= 11 is 0. The van der Waals surface area contributed by atoms with Gasteiger partial charge in [0.15, 0.2) is 9.84 Å². The highest BCUT2D eigenvalue weighted by molar-refractivity contribution is 7.91. The molecule has 1 unspecified atom stereocenters. The molecule has 6 nitrogen and oxygen atoms in total. The zero-order chi connectivity index (χ0) is 24.1. The van der Waals surface area contributed by atoms with Crippen molar-refractivity contribution in [3.8, 4) is 0 Å². The Morgan fingerprint density at radius 1 is 0.941 bits per heavy atom. The van der Waals surface area contributed by atoms with Gasteiger partial charge in [-0.05, 0) is 91.3 Å². The first-order valence-corrected chi connectivity index (χ1v) is 13.2. The van der Waals surface area contributed by atoms with Gasteiger partial charge in [-0.15, -0.1) is 0 Å². The molecule has 4 rings (SSSR count). The van der Waals surface area contributed by atoms with Crippen molar-refractivity contribution in [2.24, 2.45) is 0 Å². The van der Waals surface area contributed by atoms with E-state index in [2.05, 4.69) is 11.4 Å². The molecule has 178 valence electrons. The molecular weight excluding hydrogens is 448 g/mol. The Hall–Kier alpha value is -3.16. The Morgan fingerprint density at radius 3 is 2.50 bits per heavy atom. The largest absolute Gasteiger partial charge is 0.480 e. The number of aromatic nitrogens is 1. The molecule has 0 spiro atoms. The van der Waals surface area contributed by atoms with Gasteiger partial charge in [0.1, 0.15) is 6.04 Å². The average Bonchev–Trinajstić information content (AvgIpc) is 3.25. The molecule has 1 atom stereocenters. The molecule has 1 heterocycles. The fourth-order valence-electron chi connectivity index (χ4n) is 4.23. The van der Waals surface area contributed by atoms with Crippen LogP contribution in [-0.4, -0.2) is 42.9 Å². The van der Waals surface area contributed by atoms with Crippen LogP contribution in [0.15, 0.2) is 77.8 Å². The van der Waals surface area contributed by atoms with E-state index in [0.717, 1.165) is 41.1 Å². The number of aryl methyl sites for hydroxylation is 1. The number of rotatable bonds is 11. The highest BCUT2D eigenvalue weighted by Gasteiger charge is 2.15. The van der Waals surface area contributed by atoms with E-state index in [9.17, 15) is 18.3 Å². The zero-order valence-corrected chi connectivity index (χ0v) is 20.1. The molecule has 0 bridgehead atoms. The summed E-state index contributed by atoms with van der Waals surface area (Å²) in [5.74, 6) is -0.724. The smallest absolute Gasteiger partial charge is 0.326 e. The molecule has 1 aromatic heterocycles. The maximum absolute atomic E-state index is 12.7. The SMILES string of the molecule is CC(C(=O)O)n1ccc2cc(CCCNCCCS(=O)(=O)c3ccc4ccccc4c3)ccc21. The van der Waals surface area contributed by atoms with Crippen molar-refractivity contribution in [3.63, 3.8) is 0 Å². The lowest BCUT2D eigenvalue weighted by Crippen LogP contribution is -2.20. The lowest BCUT2D eigenvalue weighted by Gasteiger charge is -2.11. The molecule has 4 aromatic rings. The number of hydrogen-bond acceptors (Lipinski definition) is 4. The Bertz CT molecular complexity index is 1410. The predicted octanol–water partition coefficient (Wildman–Crippen LogP) is 4.83. The van der Waals surface area contributed by atoms with Crippen LogP contribution in [0.1, 0.15) is 31.4 Å². The van der Waals surface area contributed by atoms with Gasteiger partial charge < -0.3 is 15.0 Å². The Morgan fingerprint density at radius 2 is 1.71 bits per heavy atom. The predicted molar refractivity (Wildman–Crippen MR) is 136 cm³/mol. The van der Waals surface area contributed by atoms with Gasteiger partial charge in [0, 0.05) is 11.7 Å². The normalized spacial score (nSPS) is 12.9. The molecule has 0 aliphatic heterocycles. The number of sulfone groups is 1. The van der Waals surface area contributed by atoms with Crippen molar-refractivity contribution in [2.75, 3.05) is 18.8 Å². The molecule has 7 heteroatoms. The van der Waals surface area contributed by atoms with E-state index in [1.165, 1.54) is 5.56 Å². The van der Waals surface area contributed by atoms with Gasteiger partial charge in [0.25, 0.3) is 0 Å². The van der Waals surface area contributed by atoms with Crippen LogP contribution in [0.5, 0.6) is 0 Å². The van der Waals surface area contributed by atoms with Crippen molar-refractivity contribution in [3.05, 3.63) is 78.5 Å². The summed E-state index contributed by atoms with van der Waals surface area (Å²) < 4.78 is 27.1. The molecule has 3 aromatic carbocycles. The quantitative estimate of drug-likeness (QED) is 0.302. The fraction of sp³-hybridized carbons (Fsp3) is 0.296. The summed E-state index contributed by atoms with van der Waals surface area (Å²) in [6.07, 6.45) is 4.23.